The number of nitrogens with zero attached hydrogens (tertiary/aromatic N) is 1. The zero-order chi connectivity index (χ0) is 14.0. The van der Waals surface area contributed by atoms with E-state index in [1.54, 1.807) is 26.1 Å². The van der Waals surface area contributed by atoms with Gasteiger partial charge < -0.3 is 5.32 Å². The topological polar surface area (TPSA) is 15.3 Å². The molecule has 1 heterocycles. The van der Waals surface area contributed by atoms with Gasteiger partial charge in [-0.05, 0) is 26.6 Å². The standard InChI is InChI=1S/C14H20F2N2S/c1-9-4-5-10(13(16)12(9)15)14(17-2)11-8-19-7-6-18(11)3/h4-5,11,14,17H,6-8H2,1-3H3. The third-order valence-corrected chi connectivity index (χ3v) is 4.83. The Hall–Kier alpha value is -0.650. The average Bonchev–Trinajstić information content (AvgIpc) is 2.41. The molecule has 2 unspecified atom stereocenters. The fourth-order valence-electron chi connectivity index (χ4n) is 2.51. The van der Waals surface area contributed by atoms with Gasteiger partial charge in [-0.15, -0.1) is 0 Å². The molecule has 2 rings (SSSR count). The lowest BCUT2D eigenvalue weighted by atomic mass is 9.97. The summed E-state index contributed by atoms with van der Waals surface area (Å²) in [7, 11) is 3.84. The van der Waals surface area contributed by atoms with E-state index < -0.39 is 11.6 Å². The zero-order valence-electron chi connectivity index (χ0n) is 11.5. The van der Waals surface area contributed by atoms with E-state index in [1.165, 1.54) is 0 Å². The Morgan fingerprint density at radius 2 is 2.11 bits per heavy atom. The number of halogens is 2. The molecule has 1 N–H and O–H groups in total. The number of hydrogen-bond donors (Lipinski definition) is 1. The molecule has 1 fully saturated rings. The van der Waals surface area contributed by atoms with Gasteiger partial charge in [0, 0.05) is 29.7 Å². The maximum absolute atomic E-state index is 14.1. The van der Waals surface area contributed by atoms with E-state index in [0.29, 0.717) is 11.1 Å². The van der Waals surface area contributed by atoms with Crippen LogP contribution in [0.15, 0.2) is 12.1 Å². The Morgan fingerprint density at radius 1 is 1.37 bits per heavy atom. The van der Waals surface area contributed by atoms with Crippen LogP contribution < -0.4 is 5.32 Å². The van der Waals surface area contributed by atoms with Gasteiger partial charge in [-0.2, -0.15) is 11.8 Å². The highest BCUT2D eigenvalue weighted by Gasteiger charge is 2.30. The van der Waals surface area contributed by atoms with Crippen molar-refractivity contribution in [2.75, 3.05) is 32.1 Å². The second-order valence-electron chi connectivity index (χ2n) is 4.99. The number of thioether (sulfide) groups is 1. The van der Waals surface area contributed by atoms with Gasteiger partial charge in [-0.1, -0.05) is 12.1 Å². The molecular formula is C14H20F2N2S. The lowest BCUT2D eigenvalue weighted by molar-refractivity contribution is 0.218. The first-order valence-corrected chi connectivity index (χ1v) is 7.61. The highest BCUT2D eigenvalue weighted by Crippen LogP contribution is 2.29. The van der Waals surface area contributed by atoms with Gasteiger partial charge in [0.15, 0.2) is 11.6 Å². The van der Waals surface area contributed by atoms with E-state index in [0.717, 1.165) is 18.1 Å². The number of nitrogens with one attached hydrogen (secondary N) is 1. The lowest BCUT2D eigenvalue weighted by Gasteiger charge is -2.38. The highest BCUT2D eigenvalue weighted by molar-refractivity contribution is 7.99. The van der Waals surface area contributed by atoms with Gasteiger partial charge in [0.25, 0.3) is 0 Å². The monoisotopic (exact) mass is 286 g/mol. The molecule has 19 heavy (non-hydrogen) atoms. The maximum atomic E-state index is 14.1. The molecule has 0 radical (unpaired) electrons. The average molecular weight is 286 g/mol. The van der Waals surface area contributed by atoms with E-state index in [1.807, 2.05) is 18.8 Å². The van der Waals surface area contributed by atoms with Crippen LogP contribution in [0.4, 0.5) is 8.78 Å². The van der Waals surface area contributed by atoms with E-state index in [-0.39, 0.29) is 12.1 Å². The summed E-state index contributed by atoms with van der Waals surface area (Å²) in [5.41, 5.74) is 0.771. The van der Waals surface area contributed by atoms with Crippen LogP contribution in [-0.2, 0) is 0 Å². The smallest absolute Gasteiger partial charge is 0.163 e. The predicted molar refractivity (Wildman–Crippen MR) is 76.6 cm³/mol. The molecule has 1 aliphatic heterocycles. The lowest BCUT2D eigenvalue weighted by Crippen LogP contribution is -2.47. The number of hydrogen-bond acceptors (Lipinski definition) is 3. The second-order valence-corrected chi connectivity index (χ2v) is 6.14. The van der Waals surface area contributed by atoms with Crippen LogP contribution in [0.2, 0.25) is 0 Å². The van der Waals surface area contributed by atoms with Gasteiger partial charge in [0.2, 0.25) is 0 Å². The molecule has 1 aliphatic rings. The van der Waals surface area contributed by atoms with Gasteiger partial charge in [0.1, 0.15) is 0 Å². The molecule has 0 saturated carbocycles. The Kier molecular flexibility index (Phi) is 4.81. The Bertz CT molecular complexity index is 453. The first kappa shape index (κ1) is 14.8. The Morgan fingerprint density at radius 3 is 2.74 bits per heavy atom. The minimum Gasteiger partial charge on any atom is -0.312 e. The number of aryl methyl sites for hydroxylation is 1. The summed E-state index contributed by atoms with van der Waals surface area (Å²) in [4.78, 5) is 2.22. The number of benzene rings is 1. The van der Waals surface area contributed by atoms with Crippen molar-refractivity contribution >= 4 is 11.8 Å². The Balaban J connectivity index is 2.34. The molecule has 5 heteroatoms. The van der Waals surface area contributed by atoms with E-state index in [2.05, 4.69) is 10.2 Å². The number of likely N-dealkylation sites (N-methyl/N-ethyl adjacent to an activating group) is 2. The normalized spacial score (nSPS) is 22.5. The summed E-state index contributed by atoms with van der Waals surface area (Å²) in [6.45, 7) is 2.56. The van der Waals surface area contributed by atoms with Gasteiger partial charge in [-0.3, -0.25) is 4.90 Å². The molecule has 2 atom stereocenters. The molecular weight excluding hydrogens is 266 g/mol. The van der Waals surface area contributed by atoms with Gasteiger partial charge in [-0.25, -0.2) is 8.78 Å². The third-order valence-electron chi connectivity index (χ3n) is 3.78. The fourth-order valence-corrected chi connectivity index (χ4v) is 3.78. The minimum atomic E-state index is -0.733. The summed E-state index contributed by atoms with van der Waals surface area (Å²) >= 11 is 1.86. The van der Waals surface area contributed by atoms with Crippen molar-refractivity contribution in [3.05, 3.63) is 34.9 Å². The molecule has 1 aromatic carbocycles. The first-order chi connectivity index (χ1) is 9.06. The summed E-state index contributed by atoms with van der Waals surface area (Å²) in [6.07, 6.45) is 0. The van der Waals surface area contributed by atoms with Crippen LogP contribution in [0.25, 0.3) is 0 Å². The molecule has 106 valence electrons. The van der Waals surface area contributed by atoms with Crippen molar-refractivity contribution in [3.8, 4) is 0 Å². The van der Waals surface area contributed by atoms with Crippen LogP contribution in [0.1, 0.15) is 17.2 Å². The van der Waals surface area contributed by atoms with Crippen molar-refractivity contribution < 1.29 is 8.78 Å². The van der Waals surface area contributed by atoms with Crippen LogP contribution in [0.3, 0.4) is 0 Å². The summed E-state index contributed by atoms with van der Waals surface area (Å²) in [6, 6.07) is 3.34. The molecule has 1 saturated heterocycles. The first-order valence-electron chi connectivity index (χ1n) is 6.46. The minimum absolute atomic E-state index is 0.181. The zero-order valence-corrected chi connectivity index (χ0v) is 12.4. The molecule has 1 aromatic rings. The van der Waals surface area contributed by atoms with Crippen LogP contribution >= 0.6 is 11.8 Å². The van der Waals surface area contributed by atoms with E-state index >= 15 is 0 Å². The van der Waals surface area contributed by atoms with Crippen molar-refractivity contribution in [3.63, 3.8) is 0 Å². The highest BCUT2D eigenvalue weighted by atomic mass is 32.2. The Labute approximate surface area is 117 Å². The van der Waals surface area contributed by atoms with Crippen molar-refractivity contribution in [2.24, 2.45) is 0 Å². The third kappa shape index (κ3) is 2.93. The molecule has 0 amide bonds. The molecule has 0 spiro atoms. The maximum Gasteiger partial charge on any atom is 0.163 e. The van der Waals surface area contributed by atoms with Crippen molar-refractivity contribution in [2.45, 2.75) is 19.0 Å². The van der Waals surface area contributed by atoms with Crippen LogP contribution in [0.5, 0.6) is 0 Å². The summed E-state index contributed by atoms with van der Waals surface area (Å²) in [5, 5.41) is 3.14. The van der Waals surface area contributed by atoms with E-state index in [9.17, 15) is 8.78 Å². The summed E-state index contributed by atoms with van der Waals surface area (Å²) < 4.78 is 27.9. The van der Waals surface area contributed by atoms with Crippen molar-refractivity contribution in [1.82, 2.24) is 10.2 Å². The second kappa shape index (κ2) is 6.20. The predicted octanol–water partition coefficient (Wildman–Crippen LogP) is 2.58. The van der Waals surface area contributed by atoms with Crippen LogP contribution in [-0.4, -0.2) is 43.1 Å². The largest absolute Gasteiger partial charge is 0.312 e. The van der Waals surface area contributed by atoms with Gasteiger partial charge in [0.05, 0.1) is 6.04 Å². The summed E-state index contributed by atoms with van der Waals surface area (Å²) in [5.74, 6) is 0.567. The quantitative estimate of drug-likeness (QED) is 0.919. The molecule has 2 nitrogen and oxygen atoms in total. The van der Waals surface area contributed by atoms with Gasteiger partial charge >= 0.3 is 0 Å². The van der Waals surface area contributed by atoms with Crippen LogP contribution in [0, 0.1) is 18.6 Å². The molecule has 0 aromatic heterocycles. The van der Waals surface area contributed by atoms with Crippen molar-refractivity contribution in [1.29, 1.82) is 0 Å². The van der Waals surface area contributed by atoms with E-state index in [4.69, 9.17) is 0 Å². The number of rotatable bonds is 3. The SMILES string of the molecule is CNC(c1ccc(C)c(F)c1F)C1CSCCN1C. The molecule has 0 bridgehead atoms. The molecule has 0 aliphatic carbocycles. The fraction of sp³-hybridized carbons (Fsp3) is 0.571.